The predicted octanol–water partition coefficient (Wildman–Crippen LogP) is 4.35. The van der Waals surface area contributed by atoms with E-state index in [1.54, 1.807) is 17.8 Å². The normalized spacial score (nSPS) is 10.5. The van der Waals surface area contributed by atoms with E-state index in [9.17, 15) is 4.79 Å². The zero-order valence-electron chi connectivity index (χ0n) is 13.3. The van der Waals surface area contributed by atoms with Crippen LogP contribution in [-0.2, 0) is 22.6 Å². The van der Waals surface area contributed by atoms with Crippen LogP contribution in [0, 0.1) is 0 Å². The lowest BCUT2D eigenvalue weighted by atomic mass is 10.1. The first-order chi connectivity index (χ1) is 11.8. The van der Waals surface area contributed by atoms with Crippen LogP contribution in [-0.4, -0.2) is 17.4 Å². The van der Waals surface area contributed by atoms with Gasteiger partial charge in [0.15, 0.2) is 12.4 Å². The van der Waals surface area contributed by atoms with E-state index >= 15 is 0 Å². The molecule has 4 nitrogen and oxygen atoms in total. The lowest BCUT2D eigenvalue weighted by Crippen LogP contribution is -2.08. The molecular formula is C19H17NO3S. The van der Waals surface area contributed by atoms with Crippen molar-refractivity contribution < 1.29 is 14.1 Å². The van der Waals surface area contributed by atoms with Gasteiger partial charge in [0.1, 0.15) is 5.69 Å². The molecule has 0 amide bonds. The van der Waals surface area contributed by atoms with Crippen LogP contribution in [0.2, 0.25) is 0 Å². The second-order valence-corrected chi connectivity index (χ2v) is 6.04. The van der Waals surface area contributed by atoms with Gasteiger partial charge in [-0.2, -0.15) is 0 Å². The molecule has 3 aromatic rings. The van der Waals surface area contributed by atoms with Gasteiger partial charge in [0.05, 0.1) is 6.42 Å². The largest absolute Gasteiger partial charge is 0.457 e. The van der Waals surface area contributed by atoms with E-state index in [0.29, 0.717) is 5.76 Å². The summed E-state index contributed by atoms with van der Waals surface area (Å²) in [7, 11) is 0. The number of hydrogen-bond acceptors (Lipinski definition) is 5. The first-order valence-electron chi connectivity index (χ1n) is 7.55. The highest BCUT2D eigenvalue weighted by atomic mass is 32.2. The summed E-state index contributed by atoms with van der Waals surface area (Å²) in [6, 6.07) is 19.3. The Kier molecular flexibility index (Phi) is 5.33. The lowest BCUT2D eigenvalue weighted by molar-refractivity contribution is -0.144. The van der Waals surface area contributed by atoms with Crippen molar-refractivity contribution in [1.29, 1.82) is 0 Å². The maximum absolute atomic E-state index is 12.0. The van der Waals surface area contributed by atoms with Crippen LogP contribution in [0.25, 0.3) is 11.3 Å². The Labute approximate surface area is 144 Å². The minimum Gasteiger partial charge on any atom is -0.457 e. The number of benzene rings is 2. The third-order valence-corrected chi connectivity index (χ3v) is 4.37. The van der Waals surface area contributed by atoms with Crippen molar-refractivity contribution in [3.63, 3.8) is 0 Å². The topological polar surface area (TPSA) is 52.3 Å². The number of rotatable bonds is 6. The average molecular weight is 339 g/mol. The number of thioether (sulfide) groups is 1. The number of esters is 1. The average Bonchev–Trinajstić information content (AvgIpc) is 3.10. The molecule has 0 N–H and O–H groups in total. The number of carbonyl (C=O) groups is 1. The van der Waals surface area contributed by atoms with Crippen LogP contribution in [0.5, 0.6) is 0 Å². The molecule has 0 spiro atoms. The molecule has 122 valence electrons. The van der Waals surface area contributed by atoms with Gasteiger partial charge < -0.3 is 9.26 Å². The molecule has 0 radical (unpaired) electrons. The summed E-state index contributed by atoms with van der Waals surface area (Å²) < 4.78 is 10.5. The molecule has 1 aromatic heterocycles. The molecule has 2 aromatic carbocycles. The second-order valence-electron chi connectivity index (χ2n) is 5.19. The zero-order chi connectivity index (χ0) is 16.8. The monoisotopic (exact) mass is 339 g/mol. The van der Waals surface area contributed by atoms with Crippen molar-refractivity contribution in [3.8, 4) is 11.3 Å². The first kappa shape index (κ1) is 16.3. The van der Waals surface area contributed by atoms with Crippen LogP contribution in [0.1, 0.15) is 11.3 Å². The van der Waals surface area contributed by atoms with Gasteiger partial charge in [0.2, 0.25) is 0 Å². The summed E-state index contributed by atoms with van der Waals surface area (Å²) in [6.45, 7) is 0.0834. The summed E-state index contributed by atoms with van der Waals surface area (Å²) in [5.74, 6) is 0.245. The molecule has 0 fully saturated rings. The van der Waals surface area contributed by atoms with Crippen molar-refractivity contribution in [2.45, 2.75) is 17.9 Å². The summed E-state index contributed by atoms with van der Waals surface area (Å²) in [6.07, 6.45) is 2.24. The molecule has 0 bridgehead atoms. The van der Waals surface area contributed by atoms with Gasteiger partial charge in [0, 0.05) is 16.5 Å². The van der Waals surface area contributed by atoms with E-state index in [-0.39, 0.29) is 19.0 Å². The third-order valence-electron chi connectivity index (χ3n) is 3.53. The van der Waals surface area contributed by atoms with Gasteiger partial charge in [-0.05, 0) is 17.9 Å². The molecule has 1 heterocycles. The van der Waals surface area contributed by atoms with E-state index in [0.717, 1.165) is 21.7 Å². The summed E-state index contributed by atoms with van der Waals surface area (Å²) in [5, 5.41) is 4.01. The number of aromatic nitrogens is 1. The minimum atomic E-state index is -0.283. The minimum absolute atomic E-state index is 0.0834. The fourth-order valence-electron chi connectivity index (χ4n) is 2.33. The lowest BCUT2D eigenvalue weighted by Gasteiger charge is -2.06. The molecule has 3 rings (SSSR count). The Balaban J connectivity index is 1.58. The standard InChI is InChI=1S/C19H17NO3S/c1-24-18-10-6-5-9-15(18)11-19(21)22-13-16-12-17(20-23-16)14-7-3-2-4-8-14/h2-10,12H,11,13H2,1H3. The molecule has 5 heteroatoms. The number of carbonyl (C=O) groups excluding carboxylic acids is 1. The van der Waals surface area contributed by atoms with E-state index in [2.05, 4.69) is 5.16 Å². The van der Waals surface area contributed by atoms with Crippen LogP contribution in [0.15, 0.2) is 70.1 Å². The number of hydrogen-bond donors (Lipinski definition) is 0. The molecule has 24 heavy (non-hydrogen) atoms. The highest BCUT2D eigenvalue weighted by Crippen LogP contribution is 2.21. The Bertz CT molecular complexity index is 814. The van der Waals surface area contributed by atoms with Crippen molar-refractivity contribution in [2.75, 3.05) is 6.26 Å². The van der Waals surface area contributed by atoms with Gasteiger partial charge >= 0.3 is 5.97 Å². The number of nitrogens with zero attached hydrogens (tertiary/aromatic N) is 1. The number of ether oxygens (including phenoxy) is 1. The maximum atomic E-state index is 12.0. The van der Waals surface area contributed by atoms with Gasteiger partial charge in [-0.25, -0.2) is 0 Å². The van der Waals surface area contributed by atoms with Gasteiger partial charge in [-0.1, -0.05) is 53.7 Å². The van der Waals surface area contributed by atoms with Crippen molar-refractivity contribution in [3.05, 3.63) is 72.0 Å². The summed E-state index contributed by atoms with van der Waals surface area (Å²) in [5.41, 5.74) is 2.67. The van der Waals surface area contributed by atoms with Crippen molar-refractivity contribution in [2.24, 2.45) is 0 Å². The molecule has 0 aliphatic heterocycles. The summed E-state index contributed by atoms with van der Waals surface area (Å²) in [4.78, 5) is 13.1. The van der Waals surface area contributed by atoms with Crippen molar-refractivity contribution >= 4 is 17.7 Å². The Morgan fingerprint density at radius 3 is 2.67 bits per heavy atom. The van der Waals surface area contributed by atoms with Gasteiger partial charge in [-0.3, -0.25) is 4.79 Å². The Hall–Kier alpha value is -2.53. The quantitative estimate of drug-likeness (QED) is 0.494. The molecule has 0 saturated heterocycles. The molecule has 0 saturated carbocycles. The van der Waals surface area contributed by atoms with E-state index in [4.69, 9.17) is 9.26 Å². The van der Waals surface area contributed by atoms with Crippen LogP contribution in [0.4, 0.5) is 0 Å². The van der Waals surface area contributed by atoms with Crippen LogP contribution < -0.4 is 0 Å². The van der Waals surface area contributed by atoms with E-state index in [1.807, 2.05) is 60.9 Å². The van der Waals surface area contributed by atoms with Crippen molar-refractivity contribution in [1.82, 2.24) is 5.16 Å². The van der Waals surface area contributed by atoms with E-state index < -0.39 is 0 Å². The highest BCUT2D eigenvalue weighted by molar-refractivity contribution is 7.98. The highest BCUT2D eigenvalue weighted by Gasteiger charge is 2.11. The fraction of sp³-hybridized carbons (Fsp3) is 0.158. The Morgan fingerprint density at radius 1 is 1.12 bits per heavy atom. The predicted molar refractivity (Wildman–Crippen MR) is 93.7 cm³/mol. The Morgan fingerprint density at radius 2 is 1.88 bits per heavy atom. The van der Waals surface area contributed by atoms with Crippen LogP contribution >= 0.6 is 11.8 Å². The second kappa shape index (κ2) is 7.84. The fourth-order valence-corrected chi connectivity index (χ4v) is 2.95. The molecular weight excluding hydrogens is 322 g/mol. The van der Waals surface area contributed by atoms with Gasteiger partial charge in [0.25, 0.3) is 0 Å². The van der Waals surface area contributed by atoms with Crippen LogP contribution in [0.3, 0.4) is 0 Å². The first-order valence-corrected chi connectivity index (χ1v) is 8.77. The SMILES string of the molecule is CSc1ccccc1CC(=O)OCc1cc(-c2ccccc2)no1. The molecule has 0 unspecified atom stereocenters. The van der Waals surface area contributed by atoms with E-state index in [1.165, 1.54) is 0 Å². The third kappa shape index (κ3) is 4.06. The smallest absolute Gasteiger partial charge is 0.310 e. The zero-order valence-corrected chi connectivity index (χ0v) is 14.1. The summed E-state index contributed by atoms with van der Waals surface area (Å²) >= 11 is 1.62. The maximum Gasteiger partial charge on any atom is 0.310 e. The molecule has 0 aliphatic rings. The molecule has 0 atom stereocenters. The molecule has 0 aliphatic carbocycles. The van der Waals surface area contributed by atoms with Gasteiger partial charge in [-0.15, -0.1) is 11.8 Å².